The molecular weight excluding hydrogens is 404 g/mol. The Bertz CT molecular complexity index is 733. The second-order valence-corrected chi connectivity index (χ2v) is 9.92. The molecule has 0 bridgehead atoms. The van der Waals surface area contributed by atoms with Gasteiger partial charge in [-0.3, -0.25) is 0 Å². The molecular formula is C27H42O5. The maximum atomic E-state index is 12.0. The Balaban J connectivity index is 1.59. The smallest absolute Gasteiger partial charge is 0.344 e. The SMILES string of the molecule is CCCCCC(O)CCC1[C@H](O)C[C@@H]2Cc3c(cccc3OCC(=O)O[C@H](C)CC)C[C@H]12. The van der Waals surface area contributed by atoms with E-state index in [1.54, 1.807) is 0 Å². The number of ether oxygens (including phenoxy) is 2. The monoisotopic (exact) mass is 446 g/mol. The molecule has 2 aliphatic carbocycles. The van der Waals surface area contributed by atoms with E-state index in [0.29, 0.717) is 11.8 Å². The van der Waals surface area contributed by atoms with E-state index in [0.717, 1.165) is 57.1 Å². The van der Waals surface area contributed by atoms with Crippen LogP contribution in [0.5, 0.6) is 5.75 Å². The molecule has 1 aromatic rings. The molecule has 5 nitrogen and oxygen atoms in total. The highest BCUT2D eigenvalue weighted by Crippen LogP contribution is 2.48. The molecule has 2 unspecified atom stereocenters. The van der Waals surface area contributed by atoms with Crippen molar-refractivity contribution in [2.75, 3.05) is 6.61 Å². The molecule has 0 heterocycles. The van der Waals surface area contributed by atoms with Crippen LogP contribution in [0.3, 0.4) is 0 Å². The summed E-state index contributed by atoms with van der Waals surface area (Å²) in [4.78, 5) is 12.0. The fraction of sp³-hybridized carbons (Fsp3) is 0.741. The molecule has 32 heavy (non-hydrogen) atoms. The highest BCUT2D eigenvalue weighted by Gasteiger charge is 2.44. The van der Waals surface area contributed by atoms with Gasteiger partial charge in [0.25, 0.3) is 0 Å². The number of hydrogen-bond acceptors (Lipinski definition) is 5. The molecule has 1 aromatic carbocycles. The minimum absolute atomic E-state index is 0.0734. The summed E-state index contributed by atoms with van der Waals surface area (Å²) in [5.41, 5.74) is 2.44. The Morgan fingerprint density at radius 1 is 1.19 bits per heavy atom. The molecule has 0 saturated heterocycles. The lowest BCUT2D eigenvalue weighted by Gasteiger charge is -2.32. The predicted molar refractivity (Wildman–Crippen MR) is 126 cm³/mol. The minimum Gasteiger partial charge on any atom is -0.482 e. The van der Waals surface area contributed by atoms with Gasteiger partial charge >= 0.3 is 5.97 Å². The Labute approximate surface area is 193 Å². The highest BCUT2D eigenvalue weighted by atomic mass is 16.6. The van der Waals surface area contributed by atoms with E-state index in [-0.39, 0.29) is 36.8 Å². The second kappa shape index (κ2) is 12.0. The number of carbonyl (C=O) groups is 1. The maximum Gasteiger partial charge on any atom is 0.344 e. The van der Waals surface area contributed by atoms with Crippen molar-refractivity contribution >= 4 is 5.97 Å². The first kappa shape index (κ1) is 25.0. The standard InChI is InChI=1S/C27H42O5/c1-4-6-7-10-21(28)12-13-22-23-14-19-9-8-11-26(24(19)15-20(23)16-25(22)29)31-17-27(30)32-18(3)5-2/h8-9,11,18,20-23,25,28-29H,4-7,10,12-17H2,1-3H3/t18-,20+,21?,22?,23+,25-/m1/s1. The highest BCUT2D eigenvalue weighted by molar-refractivity contribution is 5.71. The largest absolute Gasteiger partial charge is 0.482 e. The van der Waals surface area contributed by atoms with E-state index in [1.807, 2.05) is 26.0 Å². The van der Waals surface area contributed by atoms with Crippen molar-refractivity contribution in [3.63, 3.8) is 0 Å². The molecule has 2 N–H and O–H groups in total. The summed E-state index contributed by atoms with van der Waals surface area (Å²) in [6, 6.07) is 6.08. The Morgan fingerprint density at radius 3 is 2.75 bits per heavy atom. The van der Waals surface area contributed by atoms with Crippen LogP contribution in [0.15, 0.2) is 18.2 Å². The van der Waals surface area contributed by atoms with Crippen LogP contribution in [-0.4, -0.2) is 41.1 Å². The lowest BCUT2D eigenvalue weighted by atomic mass is 9.73. The first-order chi connectivity index (χ1) is 15.4. The summed E-state index contributed by atoms with van der Waals surface area (Å²) in [5, 5.41) is 21.2. The Morgan fingerprint density at radius 2 is 2.00 bits per heavy atom. The molecule has 0 radical (unpaired) electrons. The lowest BCUT2D eigenvalue weighted by Crippen LogP contribution is -2.28. The van der Waals surface area contributed by atoms with Crippen LogP contribution in [0.25, 0.3) is 0 Å². The molecule has 2 aliphatic rings. The average molecular weight is 447 g/mol. The van der Waals surface area contributed by atoms with Gasteiger partial charge < -0.3 is 19.7 Å². The fourth-order valence-corrected chi connectivity index (χ4v) is 5.58. The molecule has 6 atom stereocenters. The summed E-state index contributed by atoms with van der Waals surface area (Å²) in [6.45, 7) is 5.97. The topological polar surface area (TPSA) is 76.0 Å². The van der Waals surface area contributed by atoms with Crippen molar-refractivity contribution in [2.24, 2.45) is 17.8 Å². The molecule has 1 fully saturated rings. The minimum atomic E-state index is -0.334. The summed E-state index contributed by atoms with van der Waals surface area (Å²) in [5.74, 6) is 1.57. The van der Waals surface area contributed by atoms with Gasteiger partial charge in [-0.1, -0.05) is 45.2 Å². The van der Waals surface area contributed by atoms with E-state index in [4.69, 9.17) is 9.47 Å². The normalized spacial score (nSPS) is 26.2. The van der Waals surface area contributed by atoms with Crippen molar-refractivity contribution in [3.05, 3.63) is 29.3 Å². The van der Waals surface area contributed by atoms with Crippen LogP contribution in [0, 0.1) is 17.8 Å². The molecule has 0 amide bonds. The zero-order valence-electron chi connectivity index (χ0n) is 20.1. The van der Waals surface area contributed by atoms with Crippen LogP contribution in [0.4, 0.5) is 0 Å². The van der Waals surface area contributed by atoms with Crippen molar-refractivity contribution < 1.29 is 24.5 Å². The van der Waals surface area contributed by atoms with Crippen LogP contribution in [0.2, 0.25) is 0 Å². The van der Waals surface area contributed by atoms with Crippen molar-refractivity contribution in [1.82, 2.24) is 0 Å². The number of benzene rings is 1. The van der Waals surface area contributed by atoms with E-state index < -0.39 is 0 Å². The zero-order chi connectivity index (χ0) is 23.1. The summed E-state index contributed by atoms with van der Waals surface area (Å²) < 4.78 is 11.2. The van der Waals surface area contributed by atoms with Gasteiger partial charge in [-0.25, -0.2) is 4.79 Å². The third-order valence-electron chi connectivity index (χ3n) is 7.57. The van der Waals surface area contributed by atoms with Crippen molar-refractivity contribution in [1.29, 1.82) is 0 Å². The van der Waals surface area contributed by atoms with Gasteiger partial charge in [-0.15, -0.1) is 0 Å². The molecule has 180 valence electrons. The molecule has 0 spiro atoms. The fourth-order valence-electron chi connectivity index (χ4n) is 5.58. The molecule has 5 heteroatoms. The first-order valence-electron chi connectivity index (χ1n) is 12.7. The van der Waals surface area contributed by atoms with Gasteiger partial charge in [-0.05, 0) is 86.8 Å². The number of unbranched alkanes of at least 4 members (excludes halogenated alkanes) is 2. The van der Waals surface area contributed by atoms with Gasteiger partial charge in [0.05, 0.1) is 18.3 Å². The number of fused-ring (bicyclic) bond motifs is 2. The second-order valence-electron chi connectivity index (χ2n) is 9.92. The first-order valence-corrected chi connectivity index (χ1v) is 12.7. The third-order valence-corrected chi connectivity index (χ3v) is 7.57. The molecule has 0 aromatic heterocycles. The van der Waals surface area contributed by atoms with Crippen LogP contribution < -0.4 is 4.74 Å². The van der Waals surface area contributed by atoms with E-state index in [1.165, 1.54) is 24.0 Å². The van der Waals surface area contributed by atoms with Gasteiger partial charge in [0, 0.05) is 0 Å². The van der Waals surface area contributed by atoms with Gasteiger partial charge in [0.1, 0.15) is 5.75 Å². The Kier molecular flexibility index (Phi) is 9.42. The third kappa shape index (κ3) is 6.48. The zero-order valence-corrected chi connectivity index (χ0v) is 20.1. The molecule has 0 aliphatic heterocycles. The summed E-state index contributed by atoms with van der Waals surface area (Å²) in [7, 11) is 0. The molecule has 1 saturated carbocycles. The Hall–Kier alpha value is -1.59. The number of aliphatic hydroxyl groups is 2. The summed E-state index contributed by atoms with van der Waals surface area (Å²) >= 11 is 0. The number of aliphatic hydroxyl groups excluding tert-OH is 2. The average Bonchev–Trinajstić information content (AvgIpc) is 3.08. The molecule has 3 rings (SSSR count). The number of esters is 1. The van der Waals surface area contributed by atoms with E-state index in [9.17, 15) is 15.0 Å². The van der Waals surface area contributed by atoms with Gasteiger partial charge in [0.2, 0.25) is 0 Å². The predicted octanol–water partition coefficient (Wildman–Crippen LogP) is 4.84. The number of rotatable bonds is 12. The maximum absolute atomic E-state index is 12.0. The van der Waals surface area contributed by atoms with E-state index >= 15 is 0 Å². The van der Waals surface area contributed by atoms with Crippen LogP contribution in [-0.2, 0) is 22.4 Å². The number of hydrogen-bond donors (Lipinski definition) is 2. The van der Waals surface area contributed by atoms with Crippen LogP contribution >= 0.6 is 0 Å². The van der Waals surface area contributed by atoms with Gasteiger partial charge in [-0.2, -0.15) is 0 Å². The van der Waals surface area contributed by atoms with Crippen LogP contribution in [0.1, 0.15) is 83.3 Å². The number of carbonyl (C=O) groups excluding carboxylic acids is 1. The lowest BCUT2D eigenvalue weighted by molar-refractivity contribution is -0.150. The van der Waals surface area contributed by atoms with Crippen molar-refractivity contribution in [2.45, 2.75) is 103 Å². The van der Waals surface area contributed by atoms with Crippen molar-refractivity contribution in [3.8, 4) is 5.75 Å². The quantitative estimate of drug-likeness (QED) is 0.355. The van der Waals surface area contributed by atoms with E-state index in [2.05, 4.69) is 13.0 Å². The summed E-state index contributed by atoms with van der Waals surface area (Å²) in [6.07, 6.45) is 8.73. The van der Waals surface area contributed by atoms with Gasteiger partial charge in [0.15, 0.2) is 6.61 Å².